The van der Waals surface area contributed by atoms with Crippen molar-refractivity contribution in [3.05, 3.63) is 69.8 Å². The lowest BCUT2D eigenvalue weighted by molar-refractivity contribution is 0.370. The Morgan fingerprint density at radius 3 is 1.96 bits per heavy atom. The lowest BCUT2D eigenvalue weighted by atomic mass is 9.97. The molecular weight excluding hydrogens is 294 g/mol. The molecule has 0 aliphatic carbocycles. The molecule has 0 unspecified atom stereocenters. The Morgan fingerprint density at radius 2 is 1.46 bits per heavy atom. The zero-order chi connectivity index (χ0) is 17.9. The Bertz CT molecular complexity index is 769. The molecule has 2 aromatic carbocycles. The molecule has 0 spiro atoms. The number of methoxy groups -OCH3 is 1. The van der Waals surface area contributed by atoms with Gasteiger partial charge >= 0.3 is 0 Å². The number of ether oxygens (including phenoxy) is 1. The van der Waals surface area contributed by atoms with Crippen molar-refractivity contribution in [1.29, 1.82) is 0 Å². The SMILES string of the molecule is CO/C(=C\C(C)=Nc1c(C)cccc1C)c1c(C)cc(C)cc1C. The summed E-state index contributed by atoms with van der Waals surface area (Å²) in [6.07, 6.45) is 2.02. The third kappa shape index (κ3) is 3.94. The van der Waals surface area contributed by atoms with Gasteiger partial charge in [0.15, 0.2) is 0 Å². The number of benzene rings is 2. The summed E-state index contributed by atoms with van der Waals surface area (Å²) in [4.78, 5) is 4.81. The van der Waals surface area contributed by atoms with Gasteiger partial charge in [0, 0.05) is 17.4 Å². The van der Waals surface area contributed by atoms with Crippen molar-refractivity contribution in [3.63, 3.8) is 0 Å². The van der Waals surface area contributed by atoms with Gasteiger partial charge in [-0.1, -0.05) is 35.9 Å². The van der Waals surface area contributed by atoms with Crippen LogP contribution in [0.3, 0.4) is 0 Å². The van der Waals surface area contributed by atoms with Gasteiger partial charge in [-0.25, -0.2) is 0 Å². The van der Waals surface area contributed by atoms with Crippen molar-refractivity contribution < 1.29 is 4.74 Å². The summed E-state index contributed by atoms with van der Waals surface area (Å²) in [5, 5.41) is 0. The molecular formula is C22H27NO. The predicted molar refractivity (Wildman–Crippen MR) is 104 cm³/mol. The van der Waals surface area contributed by atoms with Gasteiger partial charge in [0.05, 0.1) is 12.8 Å². The molecule has 0 aliphatic heterocycles. The lowest BCUT2D eigenvalue weighted by Gasteiger charge is -2.14. The highest BCUT2D eigenvalue weighted by molar-refractivity contribution is 6.00. The number of rotatable bonds is 4. The molecule has 0 atom stereocenters. The highest BCUT2D eigenvalue weighted by Gasteiger charge is 2.10. The van der Waals surface area contributed by atoms with Gasteiger partial charge in [-0.05, 0) is 63.8 Å². The minimum absolute atomic E-state index is 0.859. The summed E-state index contributed by atoms with van der Waals surface area (Å²) in [5.74, 6) is 0.859. The molecule has 0 saturated heterocycles. The molecule has 126 valence electrons. The lowest BCUT2D eigenvalue weighted by Crippen LogP contribution is -1.99. The summed E-state index contributed by atoms with van der Waals surface area (Å²) in [6, 6.07) is 10.6. The second kappa shape index (κ2) is 7.48. The number of aliphatic imine (C=N–C) groups is 1. The first kappa shape index (κ1) is 18.0. The average Bonchev–Trinajstić information content (AvgIpc) is 2.49. The number of allylic oxidation sites excluding steroid dienone is 1. The van der Waals surface area contributed by atoms with Crippen molar-refractivity contribution in [2.45, 2.75) is 41.5 Å². The molecule has 2 rings (SSSR count). The van der Waals surface area contributed by atoms with Gasteiger partial charge in [-0.3, -0.25) is 4.99 Å². The van der Waals surface area contributed by atoms with Crippen LogP contribution in [0.15, 0.2) is 41.4 Å². The molecule has 2 heteroatoms. The Morgan fingerprint density at radius 1 is 0.917 bits per heavy atom. The highest BCUT2D eigenvalue weighted by Crippen LogP contribution is 2.27. The third-order valence-electron chi connectivity index (χ3n) is 4.21. The first-order valence-corrected chi connectivity index (χ1v) is 8.29. The second-order valence-electron chi connectivity index (χ2n) is 6.48. The second-order valence-corrected chi connectivity index (χ2v) is 6.48. The van der Waals surface area contributed by atoms with Crippen LogP contribution >= 0.6 is 0 Å². The first-order valence-electron chi connectivity index (χ1n) is 8.29. The normalized spacial score (nSPS) is 12.5. The van der Waals surface area contributed by atoms with E-state index in [1.807, 2.05) is 13.0 Å². The van der Waals surface area contributed by atoms with Crippen molar-refractivity contribution in [3.8, 4) is 0 Å². The van der Waals surface area contributed by atoms with E-state index in [2.05, 4.69) is 65.0 Å². The minimum Gasteiger partial charge on any atom is -0.496 e. The zero-order valence-corrected chi connectivity index (χ0v) is 15.8. The predicted octanol–water partition coefficient (Wildman–Crippen LogP) is 6.01. The summed E-state index contributed by atoms with van der Waals surface area (Å²) < 4.78 is 5.69. The number of para-hydroxylation sites is 1. The number of aryl methyl sites for hydroxylation is 5. The van der Waals surface area contributed by atoms with Gasteiger partial charge in [0.2, 0.25) is 0 Å². The molecule has 0 amide bonds. The van der Waals surface area contributed by atoms with Gasteiger partial charge in [-0.2, -0.15) is 0 Å². The minimum atomic E-state index is 0.859. The standard InChI is InChI=1S/C22H27NO/c1-14-11-17(4)21(18(5)12-14)20(24-7)13-19(6)23-22-15(2)9-8-10-16(22)3/h8-13H,1-7H3/b20-13-,23-19?. The van der Waals surface area contributed by atoms with E-state index in [1.54, 1.807) is 7.11 Å². The van der Waals surface area contributed by atoms with Crippen LogP contribution in [0.2, 0.25) is 0 Å². The summed E-state index contributed by atoms with van der Waals surface area (Å²) in [6.45, 7) is 12.6. The van der Waals surface area contributed by atoms with Crippen LogP contribution in [0.5, 0.6) is 0 Å². The van der Waals surface area contributed by atoms with E-state index in [4.69, 9.17) is 9.73 Å². The van der Waals surface area contributed by atoms with Crippen molar-refractivity contribution in [2.24, 2.45) is 4.99 Å². The van der Waals surface area contributed by atoms with E-state index in [0.717, 1.165) is 22.7 Å². The van der Waals surface area contributed by atoms with E-state index in [0.29, 0.717) is 0 Å². The molecule has 0 aromatic heterocycles. The molecule has 0 radical (unpaired) electrons. The Hall–Kier alpha value is -2.35. The van der Waals surface area contributed by atoms with Gasteiger partial charge in [0.1, 0.15) is 5.76 Å². The van der Waals surface area contributed by atoms with Crippen LogP contribution in [0.4, 0.5) is 5.69 Å². The third-order valence-corrected chi connectivity index (χ3v) is 4.21. The monoisotopic (exact) mass is 321 g/mol. The molecule has 0 bridgehead atoms. The van der Waals surface area contributed by atoms with E-state index in [1.165, 1.54) is 27.8 Å². The molecule has 24 heavy (non-hydrogen) atoms. The fourth-order valence-electron chi connectivity index (χ4n) is 3.18. The highest BCUT2D eigenvalue weighted by atomic mass is 16.5. The number of nitrogens with zero attached hydrogens (tertiary/aromatic N) is 1. The molecule has 0 fully saturated rings. The van der Waals surface area contributed by atoms with E-state index in [9.17, 15) is 0 Å². The van der Waals surface area contributed by atoms with Crippen LogP contribution in [-0.2, 0) is 4.74 Å². The molecule has 2 aromatic rings. The average molecular weight is 321 g/mol. The van der Waals surface area contributed by atoms with Crippen LogP contribution in [0, 0.1) is 34.6 Å². The van der Waals surface area contributed by atoms with Crippen LogP contribution in [-0.4, -0.2) is 12.8 Å². The van der Waals surface area contributed by atoms with Gasteiger partial charge < -0.3 is 4.74 Å². The molecule has 0 heterocycles. The summed E-state index contributed by atoms with van der Waals surface area (Å²) >= 11 is 0. The number of hydrogen-bond acceptors (Lipinski definition) is 2. The Kier molecular flexibility index (Phi) is 5.61. The van der Waals surface area contributed by atoms with E-state index in [-0.39, 0.29) is 0 Å². The van der Waals surface area contributed by atoms with E-state index >= 15 is 0 Å². The zero-order valence-electron chi connectivity index (χ0n) is 15.8. The largest absolute Gasteiger partial charge is 0.496 e. The summed E-state index contributed by atoms with van der Waals surface area (Å²) in [5.41, 5.74) is 9.21. The molecule has 0 saturated carbocycles. The van der Waals surface area contributed by atoms with Crippen molar-refractivity contribution in [1.82, 2.24) is 0 Å². The number of hydrogen-bond donors (Lipinski definition) is 0. The summed E-state index contributed by atoms with van der Waals surface area (Å²) in [7, 11) is 1.72. The fourth-order valence-corrected chi connectivity index (χ4v) is 3.18. The van der Waals surface area contributed by atoms with Crippen LogP contribution < -0.4 is 0 Å². The van der Waals surface area contributed by atoms with Gasteiger partial charge in [-0.15, -0.1) is 0 Å². The maximum Gasteiger partial charge on any atom is 0.128 e. The topological polar surface area (TPSA) is 21.6 Å². The Labute approximate surface area is 145 Å². The van der Waals surface area contributed by atoms with Crippen molar-refractivity contribution >= 4 is 17.2 Å². The Balaban J connectivity index is 2.50. The molecule has 2 nitrogen and oxygen atoms in total. The smallest absolute Gasteiger partial charge is 0.128 e. The van der Waals surface area contributed by atoms with Gasteiger partial charge in [0.25, 0.3) is 0 Å². The maximum absolute atomic E-state index is 5.69. The maximum atomic E-state index is 5.69. The quantitative estimate of drug-likeness (QED) is 0.499. The van der Waals surface area contributed by atoms with Crippen molar-refractivity contribution in [2.75, 3.05) is 7.11 Å². The first-order chi connectivity index (χ1) is 11.3. The fraction of sp³-hybridized carbons (Fsp3) is 0.318. The molecule has 0 aliphatic rings. The molecule has 0 N–H and O–H groups in total. The van der Waals surface area contributed by atoms with Crippen LogP contribution in [0.1, 0.15) is 40.3 Å². The van der Waals surface area contributed by atoms with Crippen LogP contribution in [0.25, 0.3) is 5.76 Å². The van der Waals surface area contributed by atoms with E-state index < -0.39 is 0 Å².